The van der Waals surface area contributed by atoms with E-state index in [2.05, 4.69) is 0 Å². The fraction of sp³-hybridized carbons (Fsp3) is 0.280. The summed E-state index contributed by atoms with van der Waals surface area (Å²) in [4.78, 5) is 28.9. The Morgan fingerprint density at radius 3 is 2.33 bits per heavy atom. The van der Waals surface area contributed by atoms with Gasteiger partial charge < -0.3 is 9.80 Å². The highest BCUT2D eigenvalue weighted by Crippen LogP contribution is 2.43. The fourth-order valence-corrected chi connectivity index (χ4v) is 5.13. The van der Waals surface area contributed by atoms with Crippen LogP contribution < -0.4 is 9.80 Å². The highest BCUT2D eigenvalue weighted by atomic mass is 32.1. The van der Waals surface area contributed by atoms with E-state index in [1.54, 1.807) is 28.9 Å². The van der Waals surface area contributed by atoms with Crippen LogP contribution >= 0.6 is 11.3 Å². The van der Waals surface area contributed by atoms with Gasteiger partial charge in [-0.2, -0.15) is 13.2 Å². The maximum atomic E-state index is 13.3. The van der Waals surface area contributed by atoms with Crippen LogP contribution in [0.5, 0.6) is 0 Å². The number of alkyl halides is 3. The number of benzene rings is 2. The highest BCUT2D eigenvalue weighted by molar-refractivity contribution is 7.14. The molecule has 0 bridgehead atoms. The summed E-state index contributed by atoms with van der Waals surface area (Å²) >= 11 is 0.450. The van der Waals surface area contributed by atoms with Crippen LogP contribution in [0.3, 0.4) is 0 Å². The van der Waals surface area contributed by atoms with Crippen LogP contribution in [0.15, 0.2) is 66.7 Å². The molecular weight excluding hydrogens is 449 g/mol. The van der Waals surface area contributed by atoms with E-state index in [-0.39, 0.29) is 22.9 Å². The number of carbonyl (C=O) groups is 2. The van der Waals surface area contributed by atoms with Gasteiger partial charge in [-0.3, -0.25) is 9.59 Å². The van der Waals surface area contributed by atoms with E-state index in [4.69, 9.17) is 0 Å². The zero-order valence-corrected chi connectivity index (χ0v) is 19.0. The molecule has 1 aromatic heterocycles. The lowest BCUT2D eigenvalue weighted by atomic mass is 9.89. The normalized spacial score (nSPS) is 18.0. The van der Waals surface area contributed by atoms with Crippen LogP contribution in [0.2, 0.25) is 0 Å². The van der Waals surface area contributed by atoms with Gasteiger partial charge in [-0.05, 0) is 49.2 Å². The van der Waals surface area contributed by atoms with Crippen molar-refractivity contribution in [1.29, 1.82) is 0 Å². The minimum atomic E-state index is -4.49. The van der Waals surface area contributed by atoms with Gasteiger partial charge in [0.1, 0.15) is 4.88 Å². The second kappa shape index (κ2) is 9.02. The number of anilines is 2. The average molecular weight is 473 g/mol. The Morgan fingerprint density at radius 2 is 1.70 bits per heavy atom. The number of thiophene rings is 1. The van der Waals surface area contributed by atoms with E-state index in [9.17, 15) is 22.8 Å². The summed E-state index contributed by atoms with van der Waals surface area (Å²) in [6, 6.07) is 18.2. The minimum Gasteiger partial charge on any atom is -0.305 e. The highest BCUT2D eigenvalue weighted by Gasteiger charge is 2.40. The number of para-hydroxylation sites is 2. The van der Waals surface area contributed by atoms with Crippen molar-refractivity contribution in [3.63, 3.8) is 0 Å². The topological polar surface area (TPSA) is 40.6 Å². The van der Waals surface area contributed by atoms with Gasteiger partial charge in [0.05, 0.1) is 10.9 Å². The van der Waals surface area contributed by atoms with Gasteiger partial charge in [-0.25, -0.2) is 0 Å². The number of carbonyl (C=O) groups excluding carboxylic acids is 2. The lowest BCUT2D eigenvalue weighted by Crippen LogP contribution is -2.47. The number of rotatable bonds is 4. The number of halogens is 3. The standard InChI is InChI=1S/C25H23F3N2O2S/c1-3-23(31)30(17-9-5-4-6-10-17)20-15-16(2)29(19-12-8-7-11-18(19)20)24(32)21-13-14-22(33-21)25(26,27)28/h4-14,16,20H,3,15H2,1-2H3. The Morgan fingerprint density at radius 1 is 1.03 bits per heavy atom. The van der Waals surface area contributed by atoms with Crippen molar-refractivity contribution in [3.8, 4) is 0 Å². The van der Waals surface area contributed by atoms with Gasteiger partial charge in [0.15, 0.2) is 0 Å². The van der Waals surface area contributed by atoms with Crippen LogP contribution in [0.4, 0.5) is 24.5 Å². The molecule has 4 nitrogen and oxygen atoms in total. The van der Waals surface area contributed by atoms with Gasteiger partial charge in [0.2, 0.25) is 5.91 Å². The third kappa shape index (κ3) is 4.39. The number of nitrogens with zero attached hydrogens (tertiary/aromatic N) is 2. The molecule has 8 heteroatoms. The van der Waals surface area contributed by atoms with Crippen molar-refractivity contribution in [2.24, 2.45) is 0 Å². The summed E-state index contributed by atoms with van der Waals surface area (Å²) in [5, 5.41) is 0. The number of hydrogen-bond donors (Lipinski definition) is 0. The zero-order valence-electron chi connectivity index (χ0n) is 18.2. The molecule has 0 radical (unpaired) electrons. The van der Waals surface area contributed by atoms with Crippen LogP contribution in [-0.4, -0.2) is 17.9 Å². The van der Waals surface area contributed by atoms with Crippen molar-refractivity contribution in [2.45, 2.75) is 44.9 Å². The SMILES string of the molecule is CCC(=O)N(c1ccccc1)C1CC(C)N(C(=O)c2ccc(C(F)(F)F)s2)c2ccccc21. The number of hydrogen-bond acceptors (Lipinski definition) is 3. The molecule has 4 rings (SSSR count). The molecule has 33 heavy (non-hydrogen) atoms. The molecule has 0 fully saturated rings. The molecule has 2 unspecified atom stereocenters. The van der Waals surface area contributed by atoms with Gasteiger partial charge in [-0.15, -0.1) is 11.3 Å². The molecule has 1 aliphatic heterocycles. The van der Waals surface area contributed by atoms with Gasteiger partial charge in [0, 0.05) is 23.8 Å². The third-order valence-corrected chi connectivity index (χ3v) is 6.91. The van der Waals surface area contributed by atoms with Crippen molar-refractivity contribution in [3.05, 3.63) is 82.0 Å². The van der Waals surface area contributed by atoms with E-state index in [0.717, 1.165) is 17.3 Å². The summed E-state index contributed by atoms with van der Waals surface area (Å²) in [5.74, 6) is -0.511. The van der Waals surface area contributed by atoms with Crippen LogP contribution in [0.1, 0.15) is 52.8 Å². The predicted molar refractivity (Wildman–Crippen MR) is 124 cm³/mol. The van der Waals surface area contributed by atoms with E-state index in [0.29, 0.717) is 29.9 Å². The van der Waals surface area contributed by atoms with Crippen molar-refractivity contribution in [2.75, 3.05) is 9.80 Å². The van der Waals surface area contributed by atoms with Crippen LogP contribution in [-0.2, 0) is 11.0 Å². The second-order valence-corrected chi connectivity index (χ2v) is 9.03. The molecule has 0 saturated heterocycles. The van der Waals surface area contributed by atoms with Gasteiger partial charge in [0.25, 0.3) is 5.91 Å². The Balaban J connectivity index is 1.76. The first-order chi connectivity index (χ1) is 15.7. The molecule has 2 amide bonds. The Hall–Kier alpha value is -3.13. The summed E-state index contributed by atoms with van der Waals surface area (Å²) in [6.45, 7) is 3.67. The smallest absolute Gasteiger partial charge is 0.305 e. The maximum Gasteiger partial charge on any atom is 0.425 e. The lowest BCUT2D eigenvalue weighted by molar-refractivity contribution is -0.134. The molecule has 3 aromatic rings. The molecule has 1 aliphatic rings. The Labute approximate surface area is 194 Å². The molecular formula is C25H23F3N2O2S. The van der Waals surface area contributed by atoms with Crippen LogP contribution in [0, 0.1) is 0 Å². The molecule has 0 aliphatic carbocycles. The third-order valence-electron chi connectivity index (χ3n) is 5.79. The molecule has 2 aromatic carbocycles. The quantitative estimate of drug-likeness (QED) is 0.424. The fourth-order valence-electron chi connectivity index (χ4n) is 4.32. The monoisotopic (exact) mass is 472 g/mol. The predicted octanol–water partition coefficient (Wildman–Crippen LogP) is 6.69. The number of amides is 2. The Kier molecular flexibility index (Phi) is 6.30. The molecule has 0 spiro atoms. The molecule has 0 saturated carbocycles. The van der Waals surface area contributed by atoms with Crippen molar-refractivity contribution in [1.82, 2.24) is 0 Å². The average Bonchev–Trinajstić information content (AvgIpc) is 3.31. The minimum absolute atomic E-state index is 0.0342. The second-order valence-electron chi connectivity index (χ2n) is 7.95. The van der Waals surface area contributed by atoms with Gasteiger partial charge >= 0.3 is 6.18 Å². The maximum absolute atomic E-state index is 13.3. The summed E-state index contributed by atoms with van der Waals surface area (Å²) in [7, 11) is 0. The molecule has 2 atom stereocenters. The van der Waals surface area contributed by atoms with Crippen molar-refractivity contribution < 1.29 is 22.8 Å². The summed E-state index contributed by atoms with van der Waals surface area (Å²) in [6.07, 6.45) is -3.71. The largest absolute Gasteiger partial charge is 0.425 e. The summed E-state index contributed by atoms with van der Waals surface area (Å²) < 4.78 is 39.2. The van der Waals surface area contributed by atoms with Crippen molar-refractivity contribution >= 4 is 34.5 Å². The lowest BCUT2D eigenvalue weighted by Gasteiger charge is -2.43. The Bertz CT molecular complexity index is 1160. The van der Waals surface area contributed by atoms with Crippen LogP contribution in [0.25, 0.3) is 0 Å². The zero-order chi connectivity index (χ0) is 23.8. The first kappa shape index (κ1) is 23.0. The first-order valence-electron chi connectivity index (χ1n) is 10.7. The van der Waals surface area contributed by atoms with E-state index in [1.165, 1.54) is 6.07 Å². The number of fused-ring (bicyclic) bond motifs is 1. The summed E-state index contributed by atoms with van der Waals surface area (Å²) in [5.41, 5.74) is 2.17. The van der Waals surface area contributed by atoms with E-state index >= 15 is 0 Å². The van der Waals surface area contributed by atoms with E-state index in [1.807, 2.05) is 49.4 Å². The van der Waals surface area contributed by atoms with Gasteiger partial charge in [-0.1, -0.05) is 43.3 Å². The first-order valence-corrected chi connectivity index (χ1v) is 11.5. The molecule has 0 N–H and O–H groups in total. The molecule has 2 heterocycles. The molecule has 172 valence electrons. The van der Waals surface area contributed by atoms with E-state index < -0.39 is 17.0 Å².